The number of ketones is 1. The summed E-state index contributed by atoms with van der Waals surface area (Å²) in [7, 11) is 3.13. The first-order valence-corrected chi connectivity index (χ1v) is 5.05. The van der Waals surface area contributed by atoms with Crippen LogP contribution in [-0.4, -0.2) is 32.7 Å². The molecular weight excluding hydrogens is 208 g/mol. The maximum absolute atomic E-state index is 11.9. The van der Waals surface area contributed by atoms with Crippen molar-refractivity contribution in [2.45, 2.75) is 13.0 Å². The number of rotatable bonds is 4. The highest BCUT2D eigenvalue weighted by Gasteiger charge is 2.34. The number of ether oxygens (including phenoxy) is 3. The fourth-order valence-corrected chi connectivity index (χ4v) is 1.62. The van der Waals surface area contributed by atoms with Gasteiger partial charge in [0, 0.05) is 0 Å². The highest BCUT2D eigenvalue weighted by atomic mass is 16.6. The maximum Gasteiger partial charge on any atom is 0.197 e. The molecule has 1 saturated heterocycles. The van der Waals surface area contributed by atoms with Crippen LogP contribution in [0.4, 0.5) is 0 Å². The van der Waals surface area contributed by atoms with Crippen LogP contribution in [0.2, 0.25) is 0 Å². The number of benzene rings is 1. The number of methoxy groups -OCH3 is 2. The SMILES string of the molecule is COc1cc(C(=O)C2CO2)c(OC)cc1C. The Bertz CT molecular complexity index is 421. The molecule has 16 heavy (non-hydrogen) atoms. The van der Waals surface area contributed by atoms with Crippen molar-refractivity contribution in [3.05, 3.63) is 23.3 Å². The molecule has 0 N–H and O–H groups in total. The number of carbonyl (C=O) groups is 1. The fraction of sp³-hybridized carbons (Fsp3) is 0.417. The van der Waals surface area contributed by atoms with Gasteiger partial charge in [0.15, 0.2) is 5.78 Å². The van der Waals surface area contributed by atoms with Crippen LogP contribution in [0.15, 0.2) is 12.1 Å². The van der Waals surface area contributed by atoms with E-state index in [-0.39, 0.29) is 11.9 Å². The molecule has 1 unspecified atom stereocenters. The van der Waals surface area contributed by atoms with Gasteiger partial charge in [-0.2, -0.15) is 0 Å². The van der Waals surface area contributed by atoms with E-state index < -0.39 is 0 Å². The van der Waals surface area contributed by atoms with Crippen LogP contribution in [0.3, 0.4) is 0 Å². The van der Waals surface area contributed by atoms with E-state index in [2.05, 4.69) is 0 Å². The smallest absolute Gasteiger partial charge is 0.197 e. The Morgan fingerprint density at radius 1 is 1.31 bits per heavy atom. The third-order valence-electron chi connectivity index (χ3n) is 2.61. The lowest BCUT2D eigenvalue weighted by molar-refractivity contribution is 0.0950. The number of hydrogen-bond acceptors (Lipinski definition) is 4. The molecule has 4 nitrogen and oxygen atoms in total. The molecule has 1 aromatic rings. The summed E-state index contributed by atoms with van der Waals surface area (Å²) in [6.07, 6.45) is -0.304. The number of Topliss-reactive ketones (excluding diaryl/α,β-unsaturated/α-hetero) is 1. The molecule has 2 rings (SSSR count). The molecule has 0 aromatic heterocycles. The molecule has 0 aliphatic carbocycles. The van der Waals surface area contributed by atoms with Gasteiger partial charge in [0.25, 0.3) is 0 Å². The number of epoxide rings is 1. The van der Waals surface area contributed by atoms with Gasteiger partial charge in [-0.05, 0) is 24.6 Å². The zero-order valence-electron chi connectivity index (χ0n) is 9.57. The van der Waals surface area contributed by atoms with Crippen molar-refractivity contribution >= 4 is 5.78 Å². The van der Waals surface area contributed by atoms with Crippen LogP contribution in [0.25, 0.3) is 0 Å². The normalized spacial score (nSPS) is 18.1. The van der Waals surface area contributed by atoms with Crippen LogP contribution in [0, 0.1) is 6.92 Å². The predicted octanol–water partition coefficient (Wildman–Crippen LogP) is 1.59. The third-order valence-corrected chi connectivity index (χ3v) is 2.61. The lowest BCUT2D eigenvalue weighted by Gasteiger charge is -2.11. The Labute approximate surface area is 94.1 Å². The van der Waals surface area contributed by atoms with E-state index in [1.54, 1.807) is 26.4 Å². The summed E-state index contributed by atoms with van der Waals surface area (Å²) in [6, 6.07) is 3.51. The predicted molar refractivity (Wildman–Crippen MR) is 58.4 cm³/mol. The third kappa shape index (κ3) is 1.88. The molecule has 0 amide bonds. The quantitative estimate of drug-likeness (QED) is 0.573. The van der Waals surface area contributed by atoms with Crippen molar-refractivity contribution in [1.29, 1.82) is 0 Å². The van der Waals surface area contributed by atoms with Crippen molar-refractivity contribution in [3.8, 4) is 11.5 Å². The zero-order chi connectivity index (χ0) is 11.7. The Hall–Kier alpha value is -1.55. The van der Waals surface area contributed by atoms with Crippen molar-refractivity contribution < 1.29 is 19.0 Å². The van der Waals surface area contributed by atoms with Crippen LogP contribution in [-0.2, 0) is 4.74 Å². The molecule has 86 valence electrons. The molecule has 1 aliphatic heterocycles. The minimum atomic E-state index is -0.304. The maximum atomic E-state index is 11.9. The second-order valence-corrected chi connectivity index (χ2v) is 3.71. The summed E-state index contributed by atoms with van der Waals surface area (Å²) in [6.45, 7) is 2.40. The summed E-state index contributed by atoms with van der Waals surface area (Å²) < 4.78 is 15.4. The highest BCUT2D eigenvalue weighted by molar-refractivity contribution is 6.03. The van der Waals surface area contributed by atoms with Crippen molar-refractivity contribution in [1.82, 2.24) is 0 Å². The summed E-state index contributed by atoms with van der Waals surface area (Å²) in [4.78, 5) is 11.9. The van der Waals surface area contributed by atoms with Crippen LogP contribution >= 0.6 is 0 Å². The van der Waals surface area contributed by atoms with E-state index in [4.69, 9.17) is 14.2 Å². The first-order valence-electron chi connectivity index (χ1n) is 5.05. The fourth-order valence-electron chi connectivity index (χ4n) is 1.62. The molecule has 0 spiro atoms. The highest BCUT2D eigenvalue weighted by Crippen LogP contribution is 2.31. The van der Waals surface area contributed by atoms with Crippen molar-refractivity contribution in [2.24, 2.45) is 0 Å². The zero-order valence-corrected chi connectivity index (χ0v) is 9.57. The lowest BCUT2D eigenvalue weighted by Crippen LogP contribution is -2.09. The number of hydrogen-bond donors (Lipinski definition) is 0. The largest absolute Gasteiger partial charge is 0.496 e. The molecule has 1 atom stereocenters. The monoisotopic (exact) mass is 222 g/mol. The van der Waals surface area contributed by atoms with Gasteiger partial charge >= 0.3 is 0 Å². The van der Waals surface area contributed by atoms with Crippen LogP contribution < -0.4 is 9.47 Å². The average Bonchev–Trinajstić information content (AvgIpc) is 3.11. The molecule has 4 heteroatoms. The first kappa shape index (κ1) is 11.0. The standard InChI is InChI=1S/C12H14O4/c1-7-4-10(15-3)8(5-9(7)14-2)12(13)11-6-16-11/h4-5,11H,6H2,1-3H3. The summed E-state index contributed by atoms with van der Waals surface area (Å²) in [5.74, 6) is 1.21. The van der Waals surface area contributed by atoms with E-state index in [1.165, 1.54) is 0 Å². The number of carbonyl (C=O) groups excluding carboxylic acids is 1. The van der Waals surface area contributed by atoms with Crippen molar-refractivity contribution in [3.63, 3.8) is 0 Å². The molecule has 0 radical (unpaired) electrons. The Morgan fingerprint density at radius 3 is 2.44 bits per heavy atom. The molecule has 1 fully saturated rings. The first-order chi connectivity index (χ1) is 7.67. The van der Waals surface area contributed by atoms with Gasteiger partial charge in [-0.3, -0.25) is 4.79 Å². The van der Waals surface area contributed by atoms with E-state index in [9.17, 15) is 4.79 Å². The Kier molecular flexibility index (Phi) is 2.83. The van der Waals surface area contributed by atoms with E-state index >= 15 is 0 Å². The molecule has 1 heterocycles. The van der Waals surface area contributed by atoms with Gasteiger partial charge in [0.2, 0.25) is 0 Å². The summed E-state index contributed by atoms with van der Waals surface area (Å²) >= 11 is 0. The molecule has 1 aliphatic rings. The topological polar surface area (TPSA) is 48.1 Å². The summed E-state index contributed by atoms with van der Waals surface area (Å²) in [5, 5.41) is 0. The van der Waals surface area contributed by atoms with Gasteiger partial charge in [-0.1, -0.05) is 0 Å². The second-order valence-electron chi connectivity index (χ2n) is 3.71. The van der Waals surface area contributed by atoms with Gasteiger partial charge in [0.05, 0.1) is 26.4 Å². The second kappa shape index (κ2) is 4.14. The van der Waals surface area contributed by atoms with Crippen molar-refractivity contribution in [2.75, 3.05) is 20.8 Å². The van der Waals surface area contributed by atoms with Gasteiger partial charge in [-0.15, -0.1) is 0 Å². The molecule has 1 aromatic carbocycles. The minimum absolute atomic E-state index is 0.0462. The molecule has 0 bridgehead atoms. The minimum Gasteiger partial charge on any atom is -0.496 e. The molecular formula is C12H14O4. The molecule has 0 saturated carbocycles. The van der Waals surface area contributed by atoms with E-state index in [0.29, 0.717) is 23.7 Å². The average molecular weight is 222 g/mol. The van der Waals surface area contributed by atoms with E-state index in [0.717, 1.165) is 5.56 Å². The Balaban J connectivity index is 2.44. The lowest BCUT2D eigenvalue weighted by atomic mass is 10.0. The van der Waals surface area contributed by atoms with E-state index in [1.807, 2.05) is 6.92 Å². The van der Waals surface area contributed by atoms with Gasteiger partial charge in [0.1, 0.15) is 17.6 Å². The Morgan fingerprint density at radius 2 is 1.94 bits per heavy atom. The summed E-state index contributed by atoms with van der Waals surface area (Å²) in [5.41, 5.74) is 1.46. The van der Waals surface area contributed by atoms with Crippen LogP contribution in [0.5, 0.6) is 11.5 Å². The number of aryl methyl sites for hydroxylation is 1. The van der Waals surface area contributed by atoms with Gasteiger partial charge < -0.3 is 14.2 Å². The van der Waals surface area contributed by atoms with Gasteiger partial charge in [-0.25, -0.2) is 0 Å². The van der Waals surface area contributed by atoms with Crippen LogP contribution in [0.1, 0.15) is 15.9 Å².